The van der Waals surface area contributed by atoms with Crippen molar-refractivity contribution in [2.24, 2.45) is 5.41 Å². The van der Waals surface area contributed by atoms with Gasteiger partial charge >= 0.3 is 0 Å². The van der Waals surface area contributed by atoms with Gasteiger partial charge in [-0.1, -0.05) is 6.92 Å². The van der Waals surface area contributed by atoms with Crippen molar-refractivity contribution in [3.8, 4) is 11.5 Å². The molecule has 1 N–H and O–H groups in total. The second-order valence-electron chi connectivity index (χ2n) is 4.88. The van der Waals surface area contributed by atoms with Gasteiger partial charge in [0.1, 0.15) is 11.5 Å². The van der Waals surface area contributed by atoms with Crippen molar-refractivity contribution in [1.29, 1.82) is 0 Å². The van der Waals surface area contributed by atoms with E-state index in [0.29, 0.717) is 17.1 Å². The zero-order valence-corrected chi connectivity index (χ0v) is 11.1. The Morgan fingerprint density at radius 1 is 1.33 bits per heavy atom. The van der Waals surface area contributed by atoms with Gasteiger partial charge in [-0.2, -0.15) is 0 Å². The van der Waals surface area contributed by atoms with Crippen LogP contribution in [0.4, 0.5) is 0 Å². The predicted molar refractivity (Wildman–Crippen MR) is 69.5 cm³/mol. The molecule has 1 aliphatic rings. The minimum Gasteiger partial charge on any atom is -0.497 e. The Balaban J connectivity index is 2.35. The molecule has 1 aromatic rings. The fourth-order valence-electron chi connectivity index (χ4n) is 2.32. The number of hydrogen-bond acceptors (Lipinski definition) is 4. The molecule has 18 heavy (non-hydrogen) atoms. The third-order valence-corrected chi connectivity index (χ3v) is 3.57. The topological polar surface area (TPSA) is 47.6 Å². The van der Waals surface area contributed by atoms with Gasteiger partial charge in [0.25, 0.3) is 0 Å². The van der Waals surface area contributed by atoms with Gasteiger partial charge in [-0.3, -0.25) is 4.79 Å². The molecular formula is C14H19NO3. The molecule has 2 rings (SSSR count). The normalized spacial score (nSPS) is 22.8. The van der Waals surface area contributed by atoms with E-state index in [1.54, 1.807) is 32.4 Å². The van der Waals surface area contributed by atoms with Crippen molar-refractivity contribution in [2.45, 2.75) is 13.3 Å². The number of benzene rings is 1. The highest BCUT2D eigenvalue weighted by molar-refractivity contribution is 6.03. The minimum absolute atomic E-state index is 0.131. The van der Waals surface area contributed by atoms with Crippen LogP contribution in [0.25, 0.3) is 0 Å². The van der Waals surface area contributed by atoms with Gasteiger partial charge in [-0.25, -0.2) is 0 Å². The Morgan fingerprint density at radius 3 is 2.67 bits per heavy atom. The summed E-state index contributed by atoms with van der Waals surface area (Å²) >= 11 is 0. The van der Waals surface area contributed by atoms with Crippen LogP contribution in [0.1, 0.15) is 23.7 Å². The molecule has 0 bridgehead atoms. The van der Waals surface area contributed by atoms with E-state index in [1.807, 2.05) is 6.92 Å². The van der Waals surface area contributed by atoms with Gasteiger partial charge in [0.05, 0.1) is 19.8 Å². The molecule has 0 aromatic heterocycles. The maximum atomic E-state index is 12.6. The molecule has 0 amide bonds. The van der Waals surface area contributed by atoms with E-state index < -0.39 is 0 Å². The van der Waals surface area contributed by atoms with Crippen LogP contribution in [0.2, 0.25) is 0 Å². The fourth-order valence-corrected chi connectivity index (χ4v) is 2.32. The lowest BCUT2D eigenvalue weighted by Crippen LogP contribution is -2.30. The number of ether oxygens (including phenoxy) is 2. The Morgan fingerprint density at radius 2 is 2.11 bits per heavy atom. The molecule has 1 saturated heterocycles. The van der Waals surface area contributed by atoms with Gasteiger partial charge in [0, 0.05) is 18.0 Å². The third kappa shape index (κ3) is 2.20. The molecule has 0 aliphatic carbocycles. The van der Waals surface area contributed by atoms with Gasteiger partial charge in [0.2, 0.25) is 0 Å². The number of Topliss-reactive ketones (excluding diaryl/α,β-unsaturated/α-hetero) is 1. The van der Waals surface area contributed by atoms with Crippen LogP contribution in [-0.2, 0) is 0 Å². The van der Waals surface area contributed by atoms with Crippen LogP contribution in [-0.4, -0.2) is 33.1 Å². The maximum Gasteiger partial charge on any atom is 0.173 e. The molecule has 4 heteroatoms. The summed E-state index contributed by atoms with van der Waals surface area (Å²) in [4.78, 5) is 12.6. The number of nitrogens with one attached hydrogen (secondary N) is 1. The highest BCUT2D eigenvalue weighted by atomic mass is 16.5. The van der Waals surface area contributed by atoms with Crippen molar-refractivity contribution in [3.05, 3.63) is 23.8 Å². The molecule has 1 unspecified atom stereocenters. The third-order valence-electron chi connectivity index (χ3n) is 3.57. The fraction of sp³-hybridized carbons (Fsp3) is 0.500. The summed E-state index contributed by atoms with van der Waals surface area (Å²) in [6.07, 6.45) is 0.862. The Bertz CT molecular complexity index is 450. The van der Waals surface area contributed by atoms with Crippen molar-refractivity contribution in [1.82, 2.24) is 5.32 Å². The Labute approximate surface area is 107 Å². The molecule has 0 spiro atoms. The first kappa shape index (κ1) is 12.9. The van der Waals surface area contributed by atoms with Gasteiger partial charge in [-0.15, -0.1) is 0 Å². The summed E-state index contributed by atoms with van der Waals surface area (Å²) < 4.78 is 10.4. The van der Waals surface area contributed by atoms with Crippen LogP contribution in [0.3, 0.4) is 0 Å². The standard InChI is InChI=1S/C14H19NO3/c1-14(6-7-15-9-14)13(16)11-5-4-10(17-2)8-12(11)18-3/h4-5,8,15H,6-7,9H2,1-3H3. The van der Waals surface area contributed by atoms with Crippen molar-refractivity contribution >= 4 is 5.78 Å². The van der Waals surface area contributed by atoms with Crippen LogP contribution in [0, 0.1) is 5.41 Å². The SMILES string of the molecule is COc1ccc(C(=O)C2(C)CCNC2)c(OC)c1. The first-order valence-corrected chi connectivity index (χ1v) is 6.08. The van der Waals surface area contributed by atoms with Crippen molar-refractivity contribution in [3.63, 3.8) is 0 Å². The molecule has 4 nitrogen and oxygen atoms in total. The molecule has 98 valence electrons. The van der Waals surface area contributed by atoms with E-state index in [0.717, 1.165) is 19.5 Å². The predicted octanol–water partition coefficient (Wildman–Crippen LogP) is 1.89. The molecule has 0 radical (unpaired) electrons. The Kier molecular flexibility index (Phi) is 3.57. The molecule has 0 saturated carbocycles. The summed E-state index contributed by atoms with van der Waals surface area (Å²) in [5, 5.41) is 3.24. The van der Waals surface area contributed by atoms with Crippen LogP contribution in [0.15, 0.2) is 18.2 Å². The van der Waals surface area contributed by atoms with E-state index in [2.05, 4.69) is 5.32 Å². The van der Waals surface area contributed by atoms with E-state index in [9.17, 15) is 4.79 Å². The average molecular weight is 249 g/mol. The summed E-state index contributed by atoms with van der Waals surface area (Å²) in [5.74, 6) is 1.40. The number of carbonyl (C=O) groups excluding carboxylic acids is 1. The lowest BCUT2D eigenvalue weighted by Gasteiger charge is -2.22. The lowest BCUT2D eigenvalue weighted by molar-refractivity contribution is 0.0836. The Hall–Kier alpha value is -1.55. The summed E-state index contributed by atoms with van der Waals surface area (Å²) in [7, 11) is 3.17. The van der Waals surface area contributed by atoms with Gasteiger partial charge in [0.15, 0.2) is 5.78 Å². The zero-order valence-electron chi connectivity index (χ0n) is 11.1. The molecule has 1 aliphatic heterocycles. The molecule has 1 fully saturated rings. The number of methoxy groups -OCH3 is 2. The number of ketones is 1. The lowest BCUT2D eigenvalue weighted by atomic mass is 9.81. The second kappa shape index (κ2) is 4.98. The van der Waals surface area contributed by atoms with E-state index in [4.69, 9.17) is 9.47 Å². The quantitative estimate of drug-likeness (QED) is 0.828. The highest BCUT2D eigenvalue weighted by Gasteiger charge is 2.37. The van der Waals surface area contributed by atoms with E-state index in [1.165, 1.54) is 0 Å². The smallest absolute Gasteiger partial charge is 0.173 e. The minimum atomic E-state index is -0.331. The summed E-state index contributed by atoms with van der Waals surface area (Å²) in [6, 6.07) is 5.32. The monoisotopic (exact) mass is 249 g/mol. The molecule has 1 atom stereocenters. The van der Waals surface area contributed by atoms with E-state index in [-0.39, 0.29) is 11.2 Å². The second-order valence-corrected chi connectivity index (χ2v) is 4.88. The maximum absolute atomic E-state index is 12.6. The van der Waals surface area contributed by atoms with Crippen molar-refractivity contribution in [2.75, 3.05) is 27.3 Å². The average Bonchev–Trinajstić information content (AvgIpc) is 2.85. The number of carbonyl (C=O) groups is 1. The number of hydrogen-bond donors (Lipinski definition) is 1. The van der Waals surface area contributed by atoms with Crippen LogP contribution in [0.5, 0.6) is 11.5 Å². The number of rotatable bonds is 4. The molecule has 1 aromatic carbocycles. The van der Waals surface area contributed by atoms with E-state index >= 15 is 0 Å². The van der Waals surface area contributed by atoms with Crippen LogP contribution < -0.4 is 14.8 Å². The first-order chi connectivity index (χ1) is 8.60. The largest absolute Gasteiger partial charge is 0.497 e. The first-order valence-electron chi connectivity index (χ1n) is 6.08. The summed E-state index contributed by atoms with van der Waals surface area (Å²) in [5.41, 5.74) is 0.298. The molecular weight excluding hydrogens is 230 g/mol. The zero-order chi connectivity index (χ0) is 13.2. The van der Waals surface area contributed by atoms with Gasteiger partial charge < -0.3 is 14.8 Å². The van der Waals surface area contributed by atoms with Crippen LogP contribution >= 0.6 is 0 Å². The van der Waals surface area contributed by atoms with Crippen molar-refractivity contribution < 1.29 is 14.3 Å². The molecule has 1 heterocycles. The summed E-state index contributed by atoms with van der Waals surface area (Å²) in [6.45, 7) is 3.61. The van der Waals surface area contributed by atoms with Gasteiger partial charge in [-0.05, 0) is 25.1 Å². The highest BCUT2D eigenvalue weighted by Crippen LogP contribution is 2.34.